The van der Waals surface area contributed by atoms with Crippen molar-refractivity contribution in [2.75, 3.05) is 72.6 Å². The zero-order chi connectivity index (χ0) is 13.9. The Hall–Kier alpha value is -0.200. The molecule has 5 heteroatoms. The van der Waals surface area contributed by atoms with E-state index < -0.39 is 0 Å². The first-order chi connectivity index (χ1) is 9.26. The van der Waals surface area contributed by atoms with Gasteiger partial charge in [0.1, 0.15) is 0 Å². The first-order valence-corrected chi connectivity index (χ1v) is 7.61. The van der Waals surface area contributed by atoms with Gasteiger partial charge in [-0.15, -0.1) is 0 Å². The van der Waals surface area contributed by atoms with E-state index in [4.69, 9.17) is 10.2 Å². The van der Waals surface area contributed by atoms with Crippen LogP contribution >= 0.6 is 0 Å². The largest absolute Gasteiger partial charge is 0.396 e. The second kappa shape index (κ2) is 10.6. The minimum Gasteiger partial charge on any atom is -0.396 e. The molecule has 0 unspecified atom stereocenters. The van der Waals surface area contributed by atoms with Crippen molar-refractivity contribution in [2.45, 2.75) is 19.3 Å². The van der Waals surface area contributed by atoms with Crippen molar-refractivity contribution >= 4 is 0 Å². The molecule has 0 atom stereocenters. The number of rotatable bonds is 10. The SMILES string of the molecule is CN1CCN(CCCN(CCCO)CCCO)CC1. The summed E-state index contributed by atoms with van der Waals surface area (Å²) in [5.74, 6) is 0. The van der Waals surface area contributed by atoms with Crippen molar-refractivity contribution in [2.24, 2.45) is 0 Å². The molecule has 0 aromatic carbocycles. The predicted molar refractivity (Wildman–Crippen MR) is 78.4 cm³/mol. The van der Waals surface area contributed by atoms with Crippen LogP contribution in [-0.4, -0.2) is 97.5 Å². The van der Waals surface area contributed by atoms with Gasteiger partial charge in [0.2, 0.25) is 0 Å². The highest BCUT2D eigenvalue weighted by Gasteiger charge is 2.13. The van der Waals surface area contributed by atoms with E-state index in [-0.39, 0.29) is 13.2 Å². The maximum absolute atomic E-state index is 8.91. The highest BCUT2D eigenvalue weighted by molar-refractivity contribution is 4.70. The van der Waals surface area contributed by atoms with E-state index >= 15 is 0 Å². The van der Waals surface area contributed by atoms with Crippen molar-refractivity contribution in [1.29, 1.82) is 0 Å². The van der Waals surface area contributed by atoms with Gasteiger partial charge in [-0.2, -0.15) is 0 Å². The standard InChI is InChI=1S/C14H31N3O2/c1-15-9-11-17(12-10-15)6-2-5-16(7-3-13-18)8-4-14-19/h18-19H,2-14H2,1H3. The predicted octanol–water partition coefficient (Wildman–Crippen LogP) is -0.309. The van der Waals surface area contributed by atoms with Crippen LogP contribution in [-0.2, 0) is 0 Å². The third kappa shape index (κ3) is 7.84. The van der Waals surface area contributed by atoms with Crippen LogP contribution in [0.3, 0.4) is 0 Å². The average Bonchev–Trinajstić information content (AvgIpc) is 2.43. The second-order valence-electron chi connectivity index (χ2n) is 5.49. The molecule has 2 N–H and O–H groups in total. The Morgan fingerprint density at radius 3 is 1.89 bits per heavy atom. The number of aliphatic hydroxyl groups excluding tert-OH is 2. The molecule has 1 heterocycles. The van der Waals surface area contributed by atoms with E-state index in [1.165, 1.54) is 39.1 Å². The fraction of sp³-hybridized carbons (Fsp3) is 1.00. The molecule has 1 aliphatic heterocycles. The summed E-state index contributed by atoms with van der Waals surface area (Å²) in [6, 6.07) is 0. The Labute approximate surface area is 117 Å². The fourth-order valence-electron chi connectivity index (χ4n) is 2.51. The zero-order valence-electron chi connectivity index (χ0n) is 12.4. The molecule has 0 amide bonds. The summed E-state index contributed by atoms with van der Waals surface area (Å²) in [6.45, 7) is 9.38. The molecule has 5 nitrogen and oxygen atoms in total. The first-order valence-electron chi connectivity index (χ1n) is 7.61. The van der Waals surface area contributed by atoms with E-state index in [0.717, 1.165) is 32.5 Å². The van der Waals surface area contributed by atoms with Gasteiger partial charge >= 0.3 is 0 Å². The molecule has 0 aromatic rings. The van der Waals surface area contributed by atoms with Crippen molar-refractivity contribution in [1.82, 2.24) is 14.7 Å². The highest BCUT2D eigenvalue weighted by Crippen LogP contribution is 2.02. The lowest BCUT2D eigenvalue weighted by atomic mass is 10.2. The minimum atomic E-state index is 0.258. The molecule has 0 aromatic heterocycles. The van der Waals surface area contributed by atoms with E-state index in [9.17, 15) is 0 Å². The lowest BCUT2D eigenvalue weighted by molar-refractivity contribution is 0.142. The van der Waals surface area contributed by atoms with Crippen molar-refractivity contribution in [3.63, 3.8) is 0 Å². The summed E-state index contributed by atoms with van der Waals surface area (Å²) in [7, 11) is 2.18. The van der Waals surface area contributed by atoms with Crippen LogP contribution in [0.4, 0.5) is 0 Å². The maximum Gasteiger partial charge on any atom is 0.0443 e. The summed E-state index contributed by atoms with van der Waals surface area (Å²) in [5, 5.41) is 17.8. The number of hydrogen-bond acceptors (Lipinski definition) is 5. The van der Waals surface area contributed by atoms with Crippen LogP contribution in [0.5, 0.6) is 0 Å². The Bertz CT molecular complexity index is 201. The summed E-state index contributed by atoms with van der Waals surface area (Å²) in [5.41, 5.74) is 0. The smallest absolute Gasteiger partial charge is 0.0443 e. The van der Waals surface area contributed by atoms with Gasteiger partial charge in [-0.1, -0.05) is 0 Å². The summed E-state index contributed by atoms with van der Waals surface area (Å²) in [4.78, 5) is 7.28. The normalized spacial score (nSPS) is 18.3. The lowest BCUT2D eigenvalue weighted by Gasteiger charge is -2.33. The number of hydrogen-bond donors (Lipinski definition) is 2. The minimum absolute atomic E-state index is 0.258. The van der Waals surface area contributed by atoms with Gasteiger partial charge in [0.15, 0.2) is 0 Å². The van der Waals surface area contributed by atoms with E-state index in [0.29, 0.717) is 0 Å². The molecule has 114 valence electrons. The molecule has 0 radical (unpaired) electrons. The fourth-order valence-corrected chi connectivity index (χ4v) is 2.51. The molecule has 19 heavy (non-hydrogen) atoms. The highest BCUT2D eigenvalue weighted by atomic mass is 16.3. The third-order valence-corrected chi connectivity index (χ3v) is 3.81. The summed E-state index contributed by atoms with van der Waals surface area (Å²) < 4.78 is 0. The number of aliphatic hydroxyl groups is 2. The van der Waals surface area contributed by atoms with Gasteiger partial charge < -0.3 is 24.9 Å². The van der Waals surface area contributed by atoms with Gasteiger partial charge in [0.25, 0.3) is 0 Å². The number of likely N-dealkylation sites (N-methyl/N-ethyl adjacent to an activating group) is 1. The molecule has 0 aliphatic carbocycles. The van der Waals surface area contributed by atoms with Crippen molar-refractivity contribution in [3.05, 3.63) is 0 Å². The van der Waals surface area contributed by atoms with Gasteiger partial charge in [-0.05, 0) is 39.4 Å². The molecule has 0 spiro atoms. The van der Waals surface area contributed by atoms with Crippen LogP contribution in [0.15, 0.2) is 0 Å². The van der Waals surface area contributed by atoms with Gasteiger partial charge in [-0.25, -0.2) is 0 Å². The van der Waals surface area contributed by atoms with Gasteiger partial charge in [0, 0.05) is 52.5 Å². The van der Waals surface area contributed by atoms with Crippen LogP contribution in [0.25, 0.3) is 0 Å². The van der Waals surface area contributed by atoms with E-state index in [1.54, 1.807) is 0 Å². The van der Waals surface area contributed by atoms with Gasteiger partial charge in [0.05, 0.1) is 0 Å². The Morgan fingerprint density at radius 1 is 0.842 bits per heavy atom. The van der Waals surface area contributed by atoms with Crippen LogP contribution in [0, 0.1) is 0 Å². The maximum atomic E-state index is 8.91. The topological polar surface area (TPSA) is 50.2 Å². The average molecular weight is 273 g/mol. The zero-order valence-corrected chi connectivity index (χ0v) is 12.4. The number of piperazine rings is 1. The Kier molecular flexibility index (Phi) is 9.38. The second-order valence-corrected chi connectivity index (χ2v) is 5.49. The van der Waals surface area contributed by atoms with E-state index in [1.807, 2.05) is 0 Å². The summed E-state index contributed by atoms with van der Waals surface area (Å²) >= 11 is 0. The first kappa shape index (κ1) is 16.9. The molecular weight excluding hydrogens is 242 g/mol. The molecule has 0 bridgehead atoms. The molecule has 1 aliphatic rings. The third-order valence-electron chi connectivity index (χ3n) is 3.81. The van der Waals surface area contributed by atoms with Crippen LogP contribution in [0.1, 0.15) is 19.3 Å². The van der Waals surface area contributed by atoms with Crippen molar-refractivity contribution in [3.8, 4) is 0 Å². The molecule has 1 rings (SSSR count). The quantitative estimate of drug-likeness (QED) is 0.572. The summed E-state index contributed by atoms with van der Waals surface area (Å²) in [6.07, 6.45) is 2.85. The Balaban J connectivity index is 2.12. The molecule has 1 saturated heterocycles. The monoisotopic (exact) mass is 273 g/mol. The van der Waals surface area contributed by atoms with Crippen molar-refractivity contribution < 1.29 is 10.2 Å². The Morgan fingerprint density at radius 2 is 1.37 bits per heavy atom. The van der Waals surface area contributed by atoms with Crippen LogP contribution in [0.2, 0.25) is 0 Å². The number of nitrogens with zero attached hydrogens (tertiary/aromatic N) is 3. The van der Waals surface area contributed by atoms with E-state index in [2.05, 4.69) is 21.7 Å². The van der Waals surface area contributed by atoms with Gasteiger partial charge in [-0.3, -0.25) is 0 Å². The lowest BCUT2D eigenvalue weighted by Crippen LogP contribution is -2.45. The van der Waals surface area contributed by atoms with Crippen LogP contribution < -0.4 is 0 Å². The molecular formula is C14H31N3O2. The molecule has 1 fully saturated rings. The molecule has 0 saturated carbocycles.